The smallest absolute Gasteiger partial charge is 0.120 e. The molecule has 0 aromatic heterocycles. The second-order valence-electron chi connectivity index (χ2n) is 6.13. The van der Waals surface area contributed by atoms with Crippen LogP contribution in [-0.2, 0) is 4.79 Å². The maximum atomic E-state index is 10.4. The zero-order valence-corrected chi connectivity index (χ0v) is 12.5. The molecule has 102 valence electrons. The molecule has 4 unspecified atom stereocenters. The largest absolute Gasteiger partial charge is 0.303 e. The van der Waals surface area contributed by atoms with Crippen LogP contribution in [0.25, 0.3) is 0 Å². The number of rotatable bonds is 10. The molecule has 0 aromatic carbocycles. The topological polar surface area (TPSA) is 17.1 Å². The third-order valence-electron chi connectivity index (χ3n) is 4.40. The number of carbonyl (C=O) groups is 1. The molecule has 0 aliphatic rings. The lowest BCUT2D eigenvalue weighted by Gasteiger charge is -2.22. The fraction of sp³-hybridized carbons (Fsp3) is 0.938. The summed E-state index contributed by atoms with van der Waals surface area (Å²) in [5.74, 6) is 3.07. The summed E-state index contributed by atoms with van der Waals surface area (Å²) in [5, 5.41) is 0. The van der Waals surface area contributed by atoms with Gasteiger partial charge in [0.05, 0.1) is 0 Å². The fourth-order valence-corrected chi connectivity index (χ4v) is 2.15. The summed E-state index contributed by atoms with van der Waals surface area (Å²) in [6.07, 6.45) is 8.29. The molecule has 0 aliphatic heterocycles. The normalized spacial score (nSPS) is 18.4. The van der Waals surface area contributed by atoms with E-state index in [2.05, 4.69) is 34.6 Å². The zero-order valence-electron chi connectivity index (χ0n) is 12.5. The van der Waals surface area contributed by atoms with Crippen molar-refractivity contribution < 1.29 is 4.79 Å². The van der Waals surface area contributed by atoms with Crippen LogP contribution in [0.4, 0.5) is 0 Å². The highest BCUT2D eigenvalue weighted by atomic mass is 16.1. The lowest BCUT2D eigenvalue weighted by Crippen LogP contribution is -2.11. The first-order valence-corrected chi connectivity index (χ1v) is 7.44. The number of carbonyl (C=O) groups excluding carboxylic acids is 1. The first-order valence-electron chi connectivity index (χ1n) is 7.44. The Bertz CT molecular complexity index is 188. The van der Waals surface area contributed by atoms with E-state index in [0.717, 1.165) is 30.5 Å². The molecular weight excluding hydrogens is 208 g/mol. The molecule has 0 aromatic rings. The van der Waals surface area contributed by atoms with Crippen molar-refractivity contribution in [2.45, 2.75) is 73.1 Å². The molecule has 1 heteroatoms. The minimum absolute atomic E-state index is 0.566. The molecule has 0 heterocycles. The van der Waals surface area contributed by atoms with Gasteiger partial charge in [0.15, 0.2) is 0 Å². The van der Waals surface area contributed by atoms with Crippen LogP contribution in [0.5, 0.6) is 0 Å². The Kier molecular flexibility index (Phi) is 9.49. The van der Waals surface area contributed by atoms with E-state index in [0.29, 0.717) is 5.92 Å². The van der Waals surface area contributed by atoms with E-state index in [1.165, 1.54) is 32.1 Å². The van der Waals surface area contributed by atoms with Crippen molar-refractivity contribution in [2.75, 3.05) is 0 Å². The number of aldehydes is 1. The Balaban J connectivity index is 3.73. The van der Waals surface area contributed by atoms with Crippen molar-refractivity contribution in [1.82, 2.24) is 0 Å². The maximum Gasteiger partial charge on any atom is 0.120 e. The number of hydrogen-bond acceptors (Lipinski definition) is 1. The maximum absolute atomic E-state index is 10.4. The second-order valence-corrected chi connectivity index (χ2v) is 6.13. The van der Waals surface area contributed by atoms with Crippen molar-refractivity contribution in [3.05, 3.63) is 0 Å². The summed E-state index contributed by atoms with van der Waals surface area (Å²) >= 11 is 0. The first kappa shape index (κ1) is 16.7. The highest BCUT2D eigenvalue weighted by Crippen LogP contribution is 2.26. The molecule has 0 rings (SSSR count). The van der Waals surface area contributed by atoms with Crippen molar-refractivity contribution in [2.24, 2.45) is 23.7 Å². The van der Waals surface area contributed by atoms with Crippen LogP contribution >= 0.6 is 0 Å². The van der Waals surface area contributed by atoms with Crippen LogP contribution in [0.15, 0.2) is 0 Å². The Morgan fingerprint density at radius 2 is 1.29 bits per heavy atom. The fourth-order valence-electron chi connectivity index (χ4n) is 2.15. The first-order chi connectivity index (χ1) is 8.01. The van der Waals surface area contributed by atoms with Gasteiger partial charge in [0.25, 0.3) is 0 Å². The summed E-state index contributed by atoms with van der Waals surface area (Å²) in [7, 11) is 0. The Hall–Kier alpha value is -0.330. The molecule has 0 bridgehead atoms. The quantitative estimate of drug-likeness (QED) is 0.486. The third kappa shape index (κ3) is 8.40. The molecular formula is C16H32O. The average Bonchev–Trinajstić information content (AvgIpc) is 2.32. The predicted octanol–water partition coefficient (Wildman–Crippen LogP) is 5.09. The molecule has 0 amide bonds. The minimum atomic E-state index is 0.566. The zero-order chi connectivity index (χ0) is 13.3. The lowest BCUT2D eigenvalue weighted by atomic mass is 9.84. The van der Waals surface area contributed by atoms with E-state index in [1.807, 2.05) is 0 Å². The molecule has 0 fully saturated rings. The summed E-state index contributed by atoms with van der Waals surface area (Å²) in [6.45, 7) is 11.6. The van der Waals surface area contributed by atoms with Gasteiger partial charge in [0.2, 0.25) is 0 Å². The van der Waals surface area contributed by atoms with Crippen molar-refractivity contribution in [1.29, 1.82) is 0 Å². The van der Waals surface area contributed by atoms with Crippen LogP contribution in [0.1, 0.15) is 73.1 Å². The third-order valence-corrected chi connectivity index (χ3v) is 4.40. The van der Waals surface area contributed by atoms with Crippen molar-refractivity contribution in [3.63, 3.8) is 0 Å². The lowest BCUT2D eigenvalue weighted by molar-refractivity contribution is -0.108. The monoisotopic (exact) mass is 240 g/mol. The molecule has 0 N–H and O–H groups in total. The van der Waals surface area contributed by atoms with Crippen LogP contribution in [-0.4, -0.2) is 6.29 Å². The molecule has 0 radical (unpaired) electrons. The van der Waals surface area contributed by atoms with Gasteiger partial charge in [0.1, 0.15) is 6.29 Å². The van der Waals surface area contributed by atoms with Crippen LogP contribution in [0.3, 0.4) is 0 Å². The van der Waals surface area contributed by atoms with Crippen LogP contribution < -0.4 is 0 Å². The Labute approximate surface area is 108 Å². The van der Waals surface area contributed by atoms with E-state index >= 15 is 0 Å². The minimum Gasteiger partial charge on any atom is -0.303 e. The van der Waals surface area contributed by atoms with Gasteiger partial charge in [-0.05, 0) is 23.7 Å². The molecule has 1 nitrogen and oxygen atoms in total. The van der Waals surface area contributed by atoms with Gasteiger partial charge < -0.3 is 4.79 Å². The number of hydrogen-bond donors (Lipinski definition) is 0. The molecule has 0 spiro atoms. The second kappa shape index (κ2) is 9.67. The Morgan fingerprint density at radius 1 is 0.824 bits per heavy atom. The van der Waals surface area contributed by atoms with E-state index in [9.17, 15) is 4.79 Å². The average molecular weight is 240 g/mol. The van der Waals surface area contributed by atoms with E-state index < -0.39 is 0 Å². The highest BCUT2D eigenvalue weighted by Gasteiger charge is 2.14. The van der Waals surface area contributed by atoms with Gasteiger partial charge in [-0.2, -0.15) is 0 Å². The van der Waals surface area contributed by atoms with E-state index in [-0.39, 0.29) is 0 Å². The van der Waals surface area contributed by atoms with Gasteiger partial charge in [-0.25, -0.2) is 0 Å². The SMILES string of the molecule is CCC(C)CCC(C)C(C)CCC(C)CC=O. The molecule has 17 heavy (non-hydrogen) atoms. The summed E-state index contributed by atoms with van der Waals surface area (Å²) in [5.41, 5.74) is 0. The van der Waals surface area contributed by atoms with Gasteiger partial charge in [-0.15, -0.1) is 0 Å². The van der Waals surface area contributed by atoms with Crippen molar-refractivity contribution in [3.8, 4) is 0 Å². The molecule has 0 saturated heterocycles. The van der Waals surface area contributed by atoms with E-state index in [4.69, 9.17) is 0 Å². The summed E-state index contributed by atoms with van der Waals surface area (Å²) in [4.78, 5) is 10.4. The van der Waals surface area contributed by atoms with Crippen molar-refractivity contribution >= 4 is 6.29 Å². The summed E-state index contributed by atoms with van der Waals surface area (Å²) < 4.78 is 0. The highest BCUT2D eigenvalue weighted by molar-refractivity contribution is 5.49. The van der Waals surface area contributed by atoms with Gasteiger partial charge in [-0.3, -0.25) is 0 Å². The van der Waals surface area contributed by atoms with Crippen LogP contribution in [0.2, 0.25) is 0 Å². The Morgan fingerprint density at radius 3 is 1.71 bits per heavy atom. The van der Waals surface area contributed by atoms with E-state index in [1.54, 1.807) is 0 Å². The standard InChI is InChI=1S/C16H32O/c1-6-13(2)7-9-15(4)16(5)10-8-14(3)11-12-17/h12-16H,6-11H2,1-5H3. The van der Waals surface area contributed by atoms with Gasteiger partial charge >= 0.3 is 0 Å². The molecule has 0 aliphatic carbocycles. The van der Waals surface area contributed by atoms with Gasteiger partial charge in [-0.1, -0.05) is 66.7 Å². The predicted molar refractivity (Wildman–Crippen MR) is 76.1 cm³/mol. The molecule has 4 atom stereocenters. The van der Waals surface area contributed by atoms with Gasteiger partial charge in [0, 0.05) is 6.42 Å². The van der Waals surface area contributed by atoms with Crippen LogP contribution in [0, 0.1) is 23.7 Å². The molecule has 0 saturated carbocycles. The summed E-state index contributed by atoms with van der Waals surface area (Å²) in [6, 6.07) is 0.